The van der Waals surface area contributed by atoms with Gasteiger partial charge < -0.3 is 14.8 Å². The predicted molar refractivity (Wildman–Crippen MR) is 102 cm³/mol. The second kappa shape index (κ2) is 7.31. The van der Waals surface area contributed by atoms with Gasteiger partial charge in [0.2, 0.25) is 5.91 Å². The van der Waals surface area contributed by atoms with Crippen molar-refractivity contribution < 1.29 is 9.59 Å². The van der Waals surface area contributed by atoms with E-state index in [4.69, 9.17) is 11.6 Å². The van der Waals surface area contributed by atoms with E-state index < -0.39 is 0 Å². The van der Waals surface area contributed by atoms with Gasteiger partial charge in [0.25, 0.3) is 5.91 Å². The minimum atomic E-state index is -0.0120. The van der Waals surface area contributed by atoms with Gasteiger partial charge in [-0.15, -0.1) is 0 Å². The Kier molecular flexibility index (Phi) is 4.90. The van der Waals surface area contributed by atoms with Crippen molar-refractivity contribution in [2.45, 2.75) is 32.1 Å². The SMILES string of the molecule is O=C(c1cc2ccc(Cl)cc2[nH]1)N1CCN(C(=O)C2CCCCC2)CC1. The fourth-order valence-corrected chi connectivity index (χ4v) is 4.29. The molecule has 0 radical (unpaired) electrons. The van der Waals surface area contributed by atoms with Crippen LogP contribution in [0.3, 0.4) is 0 Å². The quantitative estimate of drug-likeness (QED) is 0.872. The molecule has 5 nitrogen and oxygen atoms in total. The number of H-pyrrole nitrogens is 1. The van der Waals surface area contributed by atoms with E-state index in [0.717, 1.165) is 23.7 Å². The van der Waals surface area contributed by atoms with Gasteiger partial charge in [-0.1, -0.05) is 36.9 Å². The van der Waals surface area contributed by atoms with E-state index in [9.17, 15) is 9.59 Å². The summed E-state index contributed by atoms with van der Waals surface area (Å²) in [6.07, 6.45) is 5.63. The van der Waals surface area contributed by atoms with Crippen LogP contribution in [0.4, 0.5) is 0 Å². The third-order valence-electron chi connectivity index (χ3n) is 5.65. The fraction of sp³-hybridized carbons (Fsp3) is 0.500. The molecule has 2 amide bonds. The van der Waals surface area contributed by atoms with Gasteiger partial charge in [0.1, 0.15) is 5.69 Å². The van der Waals surface area contributed by atoms with Gasteiger partial charge >= 0.3 is 0 Å². The highest BCUT2D eigenvalue weighted by atomic mass is 35.5. The number of benzene rings is 1. The first-order valence-corrected chi connectivity index (χ1v) is 9.86. The molecule has 2 fully saturated rings. The first kappa shape index (κ1) is 17.4. The number of halogens is 1. The molecule has 2 aromatic rings. The highest BCUT2D eigenvalue weighted by molar-refractivity contribution is 6.31. The summed E-state index contributed by atoms with van der Waals surface area (Å²) in [7, 11) is 0. The number of carbonyl (C=O) groups excluding carboxylic acids is 2. The molecule has 4 rings (SSSR count). The molecular formula is C20H24ClN3O2. The number of aromatic nitrogens is 1. The smallest absolute Gasteiger partial charge is 0.270 e. The van der Waals surface area contributed by atoms with Gasteiger partial charge in [0.05, 0.1) is 0 Å². The maximum absolute atomic E-state index is 12.8. The summed E-state index contributed by atoms with van der Waals surface area (Å²) in [5, 5.41) is 1.62. The summed E-state index contributed by atoms with van der Waals surface area (Å²) in [5.41, 5.74) is 1.45. The van der Waals surface area contributed by atoms with E-state index >= 15 is 0 Å². The molecule has 0 spiro atoms. The molecule has 0 bridgehead atoms. The molecule has 26 heavy (non-hydrogen) atoms. The molecule has 6 heteroatoms. The fourth-order valence-electron chi connectivity index (χ4n) is 4.12. The molecule has 1 aliphatic carbocycles. The van der Waals surface area contributed by atoms with Crippen molar-refractivity contribution in [2.75, 3.05) is 26.2 Å². The first-order valence-electron chi connectivity index (χ1n) is 9.48. The molecule has 1 aromatic heterocycles. The van der Waals surface area contributed by atoms with Crippen molar-refractivity contribution >= 4 is 34.3 Å². The highest BCUT2D eigenvalue weighted by Crippen LogP contribution is 2.26. The molecule has 0 unspecified atom stereocenters. The van der Waals surface area contributed by atoms with Crippen molar-refractivity contribution in [1.82, 2.24) is 14.8 Å². The van der Waals surface area contributed by atoms with Crippen molar-refractivity contribution in [3.8, 4) is 0 Å². The van der Waals surface area contributed by atoms with Crippen LogP contribution in [0.1, 0.15) is 42.6 Å². The van der Waals surface area contributed by atoms with Gasteiger partial charge in [0, 0.05) is 48.0 Å². The zero-order valence-electron chi connectivity index (χ0n) is 14.8. The normalized spacial score (nSPS) is 19.1. The lowest BCUT2D eigenvalue weighted by atomic mass is 9.88. The first-order chi connectivity index (χ1) is 12.6. The molecule has 0 atom stereocenters. The zero-order valence-corrected chi connectivity index (χ0v) is 15.6. The number of hydrogen-bond donors (Lipinski definition) is 1. The molecule has 1 saturated heterocycles. The largest absolute Gasteiger partial charge is 0.350 e. The van der Waals surface area contributed by atoms with Crippen molar-refractivity contribution in [3.05, 3.63) is 35.0 Å². The van der Waals surface area contributed by atoms with Crippen molar-refractivity contribution in [1.29, 1.82) is 0 Å². The number of aromatic amines is 1. The molecule has 2 aliphatic rings. The summed E-state index contributed by atoms with van der Waals surface area (Å²) < 4.78 is 0. The molecule has 1 aliphatic heterocycles. The number of hydrogen-bond acceptors (Lipinski definition) is 2. The third kappa shape index (κ3) is 3.45. The molecule has 138 valence electrons. The van der Waals surface area contributed by atoms with E-state index in [1.54, 1.807) is 0 Å². The Morgan fingerprint density at radius 1 is 0.962 bits per heavy atom. The summed E-state index contributed by atoms with van der Waals surface area (Å²) >= 11 is 6.01. The standard InChI is InChI=1S/C20H24ClN3O2/c21-16-7-6-15-12-18(22-17(15)13-16)20(26)24-10-8-23(9-11-24)19(25)14-4-2-1-3-5-14/h6-7,12-14,22H,1-5,8-11H2. The number of piperazine rings is 1. The number of carbonyl (C=O) groups is 2. The Morgan fingerprint density at radius 3 is 2.38 bits per heavy atom. The maximum atomic E-state index is 12.8. The summed E-state index contributed by atoms with van der Waals surface area (Å²) in [6.45, 7) is 2.45. The Balaban J connectivity index is 1.38. The van der Waals surface area contributed by atoms with E-state index in [1.807, 2.05) is 34.1 Å². The molecule has 1 saturated carbocycles. The lowest BCUT2D eigenvalue weighted by Gasteiger charge is -2.37. The van der Waals surface area contributed by atoms with Gasteiger partial charge in [-0.05, 0) is 31.0 Å². The van der Waals surface area contributed by atoms with Crippen LogP contribution in [0.2, 0.25) is 5.02 Å². The predicted octanol–water partition coefficient (Wildman–Crippen LogP) is 3.69. The van der Waals surface area contributed by atoms with Crippen LogP contribution in [0.15, 0.2) is 24.3 Å². The lowest BCUT2D eigenvalue weighted by molar-refractivity contribution is -0.138. The molecule has 2 heterocycles. The van der Waals surface area contributed by atoms with Gasteiger partial charge in [-0.25, -0.2) is 0 Å². The van der Waals surface area contributed by atoms with E-state index in [2.05, 4.69) is 4.98 Å². The van der Waals surface area contributed by atoms with Gasteiger partial charge in [0.15, 0.2) is 0 Å². The third-order valence-corrected chi connectivity index (χ3v) is 5.88. The average molecular weight is 374 g/mol. The Bertz CT molecular complexity index is 818. The number of rotatable bonds is 2. The van der Waals surface area contributed by atoms with Gasteiger partial charge in [-0.3, -0.25) is 9.59 Å². The monoisotopic (exact) mass is 373 g/mol. The Hall–Kier alpha value is -2.01. The van der Waals surface area contributed by atoms with Crippen LogP contribution in [-0.4, -0.2) is 52.8 Å². The highest BCUT2D eigenvalue weighted by Gasteiger charge is 2.30. The number of nitrogens with one attached hydrogen (secondary N) is 1. The lowest BCUT2D eigenvalue weighted by Crippen LogP contribution is -2.52. The van der Waals surface area contributed by atoms with Crippen LogP contribution < -0.4 is 0 Å². The Labute approximate surface area is 158 Å². The zero-order chi connectivity index (χ0) is 18.1. The minimum Gasteiger partial charge on any atom is -0.350 e. The summed E-state index contributed by atoms with van der Waals surface area (Å²) in [6, 6.07) is 7.43. The summed E-state index contributed by atoms with van der Waals surface area (Å²) in [4.78, 5) is 32.4. The van der Waals surface area contributed by atoms with E-state index in [0.29, 0.717) is 36.9 Å². The molecular weight excluding hydrogens is 350 g/mol. The number of nitrogens with zero attached hydrogens (tertiary/aromatic N) is 2. The average Bonchev–Trinajstić information content (AvgIpc) is 3.11. The van der Waals surface area contributed by atoms with Crippen LogP contribution in [0.5, 0.6) is 0 Å². The number of amides is 2. The summed E-state index contributed by atoms with van der Waals surface area (Å²) in [5.74, 6) is 0.476. The second-order valence-corrected chi connectivity index (χ2v) is 7.80. The number of fused-ring (bicyclic) bond motifs is 1. The minimum absolute atomic E-state index is 0.0120. The van der Waals surface area contributed by atoms with Crippen LogP contribution >= 0.6 is 11.6 Å². The van der Waals surface area contributed by atoms with E-state index in [1.165, 1.54) is 19.3 Å². The van der Waals surface area contributed by atoms with Crippen LogP contribution in [-0.2, 0) is 4.79 Å². The van der Waals surface area contributed by atoms with Gasteiger partial charge in [-0.2, -0.15) is 0 Å². The van der Waals surface area contributed by atoms with Crippen LogP contribution in [0, 0.1) is 5.92 Å². The molecule has 1 aromatic carbocycles. The van der Waals surface area contributed by atoms with Crippen LogP contribution in [0.25, 0.3) is 10.9 Å². The van der Waals surface area contributed by atoms with Crippen molar-refractivity contribution in [2.24, 2.45) is 5.92 Å². The topological polar surface area (TPSA) is 56.4 Å². The van der Waals surface area contributed by atoms with Crippen molar-refractivity contribution in [3.63, 3.8) is 0 Å². The second-order valence-electron chi connectivity index (χ2n) is 7.37. The van der Waals surface area contributed by atoms with E-state index in [-0.39, 0.29) is 17.7 Å². The maximum Gasteiger partial charge on any atom is 0.270 e. The molecule has 1 N–H and O–H groups in total. The Morgan fingerprint density at radius 2 is 1.65 bits per heavy atom.